The van der Waals surface area contributed by atoms with Crippen LogP contribution in [-0.4, -0.2) is 20.5 Å². The Hall–Kier alpha value is -3.65. The Morgan fingerprint density at radius 2 is 1.65 bits per heavy atom. The minimum atomic E-state index is -3.97. The lowest BCUT2D eigenvalue weighted by Crippen LogP contribution is -2.14. The molecule has 0 fully saturated rings. The first-order chi connectivity index (χ1) is 15.0. The van der Waals surface area contributed by atoms with Crippen molar-refractivity contribution in [3.8, 4) is 17.1 Å². The second kappa shape index (κ2) is 8.61. The summed E-state index contributed by atoms with van der Waals surface area (Å²) >= 11 is 0. The zero-order valence-corrected chi connectivity index (χ0v) is 17.4. The molecule has 0 bridgehead atoms. The van der Waals surface area contributed by atoms with Gasteiger partial charge in [0, 0.05) is 6.42 Å². The van der Waals surface area contributed by atoms with Gasteiger partial charge in [-0.05, 0) is 29.8 Å². The van der Waals surface area contributed by atoms with Gasteiger partial charge in [-0.3, -0.25) is 4.72 Å². The fourth-order valence-corrected chi connectivity index (χ4v) is 4.16. The Labute approximate surface area is 179 Å². The number of sulfonamides is 1. The maximum atomic E-state index is 14.7. The maximum Gasteiger partial charge on any atom is 0.263 e. The number of methoxy groups -OCH3 is 1. The van der Waals surface area contributed by atoms with E-state index < -0.39 is 15.8 Å². The number of hydrogen-bond acceptors (Lipinski definition) is 5. The summed E-state index contributed by atoms with van der Waals surface area (Å²) in [4.78, 5) is 4.38. The average Bonchev–Trinajstić information content (AvgIpc) is 3.15. The largest absolute Gasteiger partial charge is 0.496 e. The molecule has 0 unspecified atom stereocenters. The highest BCUT2D eigenvalue weighted by Gasteiger charge is 2.26. The van der Waals surface area contributed by atoms with Gasteiger partial charge in [0.2, 0.25) is 5.89 Å². The summed E-state index contributed by atoms with van der Waals surface area (Å²) in [6.07, 6.45) is 0.303. The molecule has 6 nitrogen and oxygen atoms in total. The van der Waals surface area contributed by atoms with Crippen molar-refractivity contribution in [1.29, 1.82) is 0 Å². The number of hydrogen-bond donors (Lipinski definition) is 1. The number of anilines is 1. The van der Waals surface area contributed by atoms with E-state index in [0.29, 0.717) is 6.42 Å². The molecule has 0 aliphatic carbocycles. The van der Waals surface area contributed by atoms with Gasteiger partial charge < -0.3 is 9.15 Å². The van der Waals surface area contributed by atoms with E-state index in [1.165, 1.54) is 31.4 Å². The fourth-order valence-electron chi connectivity index (χ4n) is 3.13. The third-order valence-electron chi connectivity index (χ3n) is 4.58. The van der Waals surface area contributed by atoms with Gasteiger partial charge in [0.25, 0.3) is 10.0 Å². The van der Waals surface area contributed by atoms with Crippen LogP contribution in [0.3, 0.4) is 0 Å². The molecule has 8 heteroatoms. The van der Waals surface area contributed by atoms with Crippen molar-refractivity contribution in [3.05, 3.63) is 96.1 Å². The molecule has 4 aromatic rings. The van der Waals surface area contributed by atoms with E-state index in [1.807, 2.05) is 30.3 Å². The summed E-state index contributed by atoms with van der Waals surface area (Å²) in [7, 11) is -2.58. The fraction of sp³-hybridized carbons (Fsp3) is 0.0870. The standard InChI is InChI=1S/C23H19FN2O4S/c1-29-19-14-8-13-18(24)21(19)22-23(26-31(27,28)17-11-6-3-7-12-17)25-20(30-22)15-16-9-4-2-5-10-16/h2-14,26H,15H2,1H3. The molecule has 0 aliphatic heterocycles. The number of oxazole rings is 1. The lowest BCUT2D eigenvalue weighted by Gasteiger charge is -2.10. The number of nitrogens with one attached hydrogen (secondary N) is 1. The highest BCUT2D eigenvalue weighted by Crippen LogP contribution is 2.38. The van der Waals surface area contributed by atoms with Gasteiger partial charge in [0.05, 0.1) is 17.6 Å². The molecule has 158 valence electrons. The molecular weight excluding hydrogens is 419 g/mol. The van der Waals surface area contributed by atoms with Crippen molar-refractivity contribution in [2.75, 3.05) is 11.8 Å². The molecule has 3 aromatic carbocycles. The van der Waals surface area contributed by atoms with Gasteiger partial charge in [0.15, 0.2) is 11.6 Å². The number of aromatic nitrogens is 1. The van der Waals surface area contributed by atoms with Gasteiger partial charge in [-0.2, -0.15) is 4.98 Å². The Morgan fingerprint density at radius 3 is 2.32 bits per heavy atom. The summed E-state index contributed by atoms with van der Waals surface area (Å²) in [5.41, 5.74) is 0.899. The van der Waals surface area contributed by atoms with Crippen molar-refractivity contribution in [1.82, 2.24) is 4.98 Å². The summed E-state index contributed by atoms with van der Waals surface area (Å²) in [5.74, 6) is -0.361. The van der Waals surface area contributed by atoms with Crippen LogP contribution in [0.25, 0.3) is 11.3 Å². The summed E-state index contributed by atoms with van der Waals surface area (Å²) in [5, 5.41) is 0. The third-order valence-corrected chi connectivity index (χ3v) is 5.93. The second-order valence-electron chi connectivity index (χ2n) is 6.68. The normalized spacial score (nSPS) is 11.3. The topological polar surface area (TPSA) is 81.4 Å². The molecule has 0 atom stereocenters. The van der Waals surface area contributed by atoms with Crippen LogP contribution in [0.4, 0.5) is 10.2 Å². The minimum absolute atomic E-state index is 0.0115. The predicted octanol–water partition coefficient (Wildman–Crippen LogP) is 4.88. The maximum absolute atomic E-state index is 14.7. The predicted molar refractivity (Wildman–Crippen MR) is 115 cm³/mol. The van der Waals surface area contributed by atoms with Gasteiger partial charge in [0.1, 0.15) is 11.6 Å². The van der Waals surface area contributed by atoms with E-state index in [0.717, 1.165) is 5.56 Å². The number of nitrogens with zero attached hydrogens (tertiary/aromatic N) is 1. The molecule has 1 N–H and O–H groups in total. The van der Waals surface area contributed by atoms with Crippen molar-refractivity contribution in [2.45, 2.75) is 11.3 Å². The lowest BCUT2D eigenvalue weighted by atomic mass is 10.1. The molecule has 1 aromatic heterocycles. The van der Waals surface area contributed by atoms with Crippen LogP contribution in [0, 0.1) is 5.82 Å². The van der Waals surface area contributed by atoms with E-state index in [2.05, 4.69) is 9.71 Å². The van der Waals surface area contributed by atoms with E-state index in [-0.39, 0.29) is 33.7 Å². The lowest BCUT2D eigenvalue weighted by molar-refractivity contribution is 0.410. The first kappa shape index (κ1) is 20.6. The Balaban J connectivity index is 1.81. The SMILES string of the molecule is COc1cccc(F)c1-c1oc(Cc2ccccc2)nc1NS(=O)(=O)c1ccccc1. The summed E-state index contributed by atoms with van der Waals surface area (Å²) in [6.45, 7) is 0. The smallest absolute Gasteiger partial charge is 0.263 e. The van der Waals surface area contributed by atoms with Crippen LogP contribution in [0.2, 0.25) is 0 Å². The van der Waals surface area contributed by atoms with Crippen LogP contribution in [0.5, 0.6) is 5.75 Å². The van der Waals surface area contributed by atoms with Crippen molar-refractivity contribution in [2.24, 2.45) is 0 Å². The first-order valence-corrected chi connectivity index (χ1v) is 10.9. The van der Waals surface area contributed by atoms with E-state index >= 15 is 0 Å². The molecule has 0 saturated heterocycles. The zero-order valence-electron chi connectivity index (χ0n) is 16.6. The van der Waals surface area contributed by atoms with Gasteiger partial charge in [-0.1, -0.05) is 54.6 Å². The van der Waals surface area contributed by atoms with Crippen molar-refractivity contribution < 1.29 is 22.0 Å². The number of rotatable bonds is 7. The Kier molecular flexibility index (Phi) is 5.73. The highest BCUT2D eigenvalue weighted by molar-refractivity contribution is 7.92. The number of halogens is 1. The van der Waals surface area contributed by atoms with Gasteiger partial charge in [-0.15, -0.1) is 0 Å². The number of ether oxygens (including phenoxy) is 1. The molecule has 1 heterocycles. The van der Waals surface area contributed by atoms with E-state index in [9.17, 15) is 12.8 Å². The molecular formula is C23H19FN2O4S. The van der Waals surface area contributed by atoms with Crippen LogP contribution in [-0.2, 0) is 16.4 Å². The Morgan fingerprint density at radius 1 is 0.968 bits per heavy atom. The minimum Gasteiger partial charge on any atom is -0.496 e. The molecule has 31 heavy (non-hydrogen) atoms. The van der Waals surface area contributed by atoms with Gasteiger partial charge in [-0.25, -0.2) is 12.8 Å². The quantitative estimate of drug-likeness (QED) is 0.445. The molecule has 4 rings (SSSR count). The van der Waals surface area contributed by atoms with E-state index in [4.69, 9.17) is 9.15 Å². The number of benzene rings is 3. The summed E-state index contributed by atoms with van der Waals surface area (Å²) < 4.78 is 54.1. The Bertz CT molecular complexity index is 1290. The van der Waals surface area contributed by atoms with Crippen molar-refractivity contribution >= 4 is 15.8 Å². The van der Waals surface area contributed by atoms with Crippen LogP contribution < -0.4 is 9.46 Å². The van der Waals surface area contributed by atoms with Crippen LogP contribution in [0.15, 0.2) is 88.2 Å². The second-order valence-corrected chi connectivity index (χ2v) is 8.37. The monoisotopic (exact) mass is 438 g/mol. The van der Waals surface area contributed by atoms with Crippen LogP contribution in [0.1, 0.15) is 11.5 Å². The van der Waals surface area contributed by atoms with Crippen molar-refractivity contribution in [3.63, 3.8) is 0 Å². The summed E-state index contributed by atoms with van der Waals surface area (Å²) in [6, 6.07) is 21.5. The van der Waals surface area contributed by atoms with E-state index in [1.54, 1.807) is 24.3 Å². The highest BCUT2D eigenvalue weighted by atomic mass is 32.2. The molecule has 0 radical (unpaired) electrons. The molecule has 0 spiro atoms. The average molecular weight is 438 g/mol. The first-order valence-electron chi connectivity index (χ1n) is 9.42. The van der Waals surface area contributed by atoms with Crippen LogP contribution >= 0.6 is 0 Å². The molecule has 0 aliphatic rings. The molecule has 0 saturated carbocycles. The molecule has 0 amide bonds. The zero-order chi connectivity index (χ0) is 21.8. The third kappa shape index (κ3) is 4.44. The van der Waals surface area contributed by atoms with Gasteiger partial charge >= 0.3 is 0 Å².